The summed E-state index contributed by atoms with van der Waals surface area (Å²) in [6.45, 7) is 11.8. The van der Waals surface area contributed by atoms with Gasteiger partial charge in [0.1, 0.15) is 5.78 Å². The lowest BCUT2D eigenvalue weighted by Gasteiger charge is -2.15. The highest BCUT2D eigenvalue weighted by molar-refractivity contribution is 5.94. The molecule has 0 rings (SSSR count). The second-order valence-electron chi connectivity index (χ2n) is 6.34. The van der Waals surface area contributed by atoms with Crippen LogP contribution in [0.15, 0.2) is 12.2 Å². The average Bonchev–Trinajstić information content (AvgIpc) is 2.08. The molecule has 0 aromatic heterocycles. The molecule has 0 aliphatic carbocycles. The van der Waals surface area contributed by atoms with Crippen molar-refractivity contribution in [2.24, 2.45) is 10.8 Å². The lowest BCUT2D eigenvalue weighted by atomic mass is 9.87. The van der Waals surface area contributed by atoms with Crippen molar-refractivity contribution in [3.63, 3.8) is 0 Å². The van der Waals surface area contributed by atoms with Crippen molar-refractivity contribution in [3.05, 3.63) is 12.2 Å². The largest absolute Gasteiger partial charge is 0.299 e. The molecule has 0 aromatic carbocycles. The zero-order valence-corrected chi connectivity index (χ0v) is 11.4. The Hall–Kier alpha value is -0.920. The van der Waals surface area contributed by atoms with Crippen molar-refractivity contribution in [2.45, 2.75) is 54.4 Å². The maximum atomic E-state index is 11.6. The van der Waals surface area contributed by atoms with Crippen molar-refractivity contribution in [1.82, 2.24) is 0 Å². The number of hydrogen-bond donors (Lipinski definition) is 0. The minimum Gasteiger partial charge on any atom is -0.299 e. The summed E-state index contributed by atoms with van der Waals surface area (Å²) in [6, 6.07) is 0. The molecule has 0 bridgehead atoms. The number of Topliss-reactive ketones (excluding diaryl/α,β-unsaturated/α-hetero) is 1. The Labute approximate surface area is 99.1 Å². The Morgan fingerprint density at radius 3 is 1.81 bits per heavy atom. The smallest absolute Gasteiger partial charge is 0.155 e. The van der Waals surface area contributed by atoms with Gasteiger partial charge in [-0.1, -0.05) is 47.6 Å². The molecule has 0 heterocycles. The zero-order chi connectivity index (χ0) is 13.0. The summed E-state index contributed by atoms with van der Waals surface area (Å²) in [6.07, 6.45) is 4.15. The predicted molar refractivity (Wildman–Crippen MR) is 67.3 cm³/mol. The fraction of sp³-hybridized carbons (Fsp3) is 0.714. The molecular weight excluding hydrogens is 200 g/mol. The Morgan fingerprint density at radius 2 is 1.44 bits per heavy atom. The van der Waals surface area contributed by atoms with Crippen LogP contribution in [0.25, 0.3) is 0 Å². The Morgan fingerprint density at radius 1 is 0.938 bits per heavy atom. The van der Waals surface area contributed by atoms with E-state index in [-0.39, 0.29) is 22.4 Å². The summed E-state index contributed by atoms with van der Waals surface area (Å²) in [5, 5.41) is 0. The standard InChI is InChI=1S/C14H24O2/c1-13(2,3)10-9-11(15)7-8-12(16)14(4,5)6/h9-10H,7-8H2,1-6H3/b10-9+. The van der Waals surface area contributed by atoms with E-state index in [0.717, 1.165) is 0 Å². The summed E-state index contributed by atoms with van der Waals surface area (Å²) >= 11 is 0. The van der Waals surface area contributed by atoms with Gasteiger partial charge < -0.3 is 0 Å². The Bertz CT molecular complexity index is 285. The van der Waals surface area contributed by atoms with Crippen molar-refractivity contribution >= 4 is 11.6 Å². The first-order valence-corrected chi connectivity index (χ1v) is 5.78. The van der Waals surface area contributed by atoms with Gasteiger partial charge in [-0.15, -0.1) is 0 Å². The monoisotopic (exact) mass is 224 g/mol. The molecule has 2 heteroatoms. The SMILES string of the molecule is CC(C)(C)/C=C/C(=O)CCC(=O)C(C)(C)C. The number of carbonyl (C=O) groups excluding carboxylic acids is 2. The van der Waals surface area contributed by atoms with E-state index in [1.54, 1.807) is 6.08 Å². The second kappa shape index (κ2) is 5.42. The minimum absolute atomic E-state index is 0.0176. The van der Waals surface area contributed by atoms with Crippen LogP contribution in [0.4, 0.5) is 0 Å². The van der Waals surface area contributed by atoms with Crippen LogP contribution in [0.5, 0.6) is 0 Å². The van der Waals surface area contributed by atoms with E-state index >= 15 is 0 Å². The lowest BCUT2D eigenvalue weighted by molar-refractivity contribution is -0.128. The summed E-state index contributed by atoms with van der Waals surface area (Å²) in [5.41, 5.74) is -0.322. The predicted octanol–water partition coefficient (Wildman–Crippen LogP) is 3.55. The minimum atomic E-state index is -0.339. The molecule has 0 unspecified atom stereocenters. The topological polar surface area (TPSA) is 34.1 Å². The van der Waals surface area contributed by atoms with Crippen LogP contribution in [-0.2, 0) is 9.59 Å². The lowest BCUT2D eigenvalue weighted by Crippen LogP contribution is -2.20. The third-order valence-electron chi connectivity index (χ3n) is 2.20. The normalized spacial score (nSPS) is 13.1. The maximum absolute atomic E-state index is 11.6. The van der Waals surface area contributed by atoms with E-state index in [9.17, 15) is 9.59 Å². The van der Waals surface area contributed by atoms with Crippen LogP contribution in [0.2, 0.25) is 0 Å². The Balaban J connectivity index is 4.11. The van der Waals surface area contributed by atoms with E-state index in [4.69, 9.17) is 0 Å². The summed E-state index contributed by atoms with van der Waals surface area (Å²) in [4.78, 5) is 23.1. The zero-order valence-electron chi connectivity index (χ0n) is 11.4. The third-order valence-corrected chi connectivity index (χ3v) is 2.20. The molecule has 0 saturated carbocycles. The molecule has 16 heavy (non-hydrogen) atoms. The van der Waals surface area contributed by atoms with E-state index < -0.39 is 0 Å². The second-order valence-corrected chi connectivity index (χ2v) is 6.34. The van der Waals surface area contributed by atoms with Crippen LogP contribution >= 0.6 is 0 Å². The highest BCUT2D eigenvalue weighted by Gasteiger charge is 2.21. The molecule has 0 atom stereocenters. The molecule has 0 N–H and O–H groups in total. The van der Waals surface area contributed by atoms with Crippen LogP contribution in [0.1, 0.15) is 54.4 Å². The van der Waals surface area contributed by atoms with E-state index in [1.165, 1.54) is 0 Å². The van der Waals surface area contributed by atoms with Crippen LogP contribution < -0.4 is 0 Å². The van der Waals surface area contributed by atoms with Crippen molar-refractivity contribution in [1.29, 1.82) is 0 Å². The van der Waals surface area contributed by atoms with Crippen molar-refractivity contribution < 1.29 is 9.59 Å². The van der Waals surface area contributed by atoms with Crippen LogP contribution in [0, 0.1) is 10.8 Å². The molecule has 0 spiro atoms. The Kier molecular flexibility index (Phi) is 5.11. The van der Waals surface area contributed by atoms with Gasteiger partial charge in [0.2, 0.25) is 0 Å². The molecular formula is C14H24O2. The third kappa shape index (κ3) is 7.38. The van der Waals surface area contributed by atoms with Crippen LogP contribution in [-0.4, -0.2) is 11.6 Å². The summed E-state index contributed by atoms with van der Waals surface area (Å²) < 4.78 is 0. The van der Waals surface area contributed by atoms with Crippen molar-refractivity contribution in [2.75, 3.05) is 0 Å². The van der Waals surface area contributed by atoms with E-state index in [1.807, 2.05) is 47.6 Å². The van der Waals surface area contributed by atoms with Gasteiger partial charge in [-0.05, 0) is 11.5 Å². The van der Waals surface area contributed by atoms with Gasteiger partial charge in [0.05, 0.1) is 0 Å². The molecule has 0 aliphatic rings. The highest BCUT2D eigenvalue weighted by atomic mass is 16.1. The quantitative estimate of drug-likeness (QED) is 0.684. The molecule has 2 nitrogen and oxygen atoms in total. The number of hydrogen-bond acceptors (Lipinski definition) is 2. The van der Waals surface area contributed by atoms with E-state index in [0.29, 0.717) is 12.8 Å². The number of carbonyl (C=O) groups is 2. The van der Waals surface area contributed by atoms with Gasteiger partial charge in [0, 0.05) is 18.3 Å². The maximum Gasteiger partial charge on any atom is 0.155 e. The molecule has 92 valence electrons. The molecule has 0 fully saturated rings. The molecule has 0 aliphatic heterocycles. The molecule has 0 saturated heterocycles. The van der Waals surface area contributed by atoms with Crippen molar-refractivity contribution in [3.8, 4) is 0 Å². The first kappa shape index (κ1) is 15.1. The fourth-order valence-electron chi connectivity index (χ4n) is 1.04. The van der Waals surface area contributed by atoms with Gasteiger partial charge in [0.25, 0.3) is 0 Å². The summed E-state index contributed by atoms with van der Waals surface area (Å²) in [7, 11) is 0. The molecule has 0 amide bonds. The first-order chi connectivity index (χ1) is 7.02. The summed E-state index contributed by atoms with van der Waals surface area (Å²) in [5.74, 6) is 0.178. The van der Waals surface area contributed by atoms with Gasteiger partial charge in [-0.3, -0.25) is 9.59 Å². The number of allylic oxidation sites excluding steroid dienone is 2. The first-order valence-electron chi connectivity index (χ1n) is 5.78. The fourth-order valence-corrected chi connectivity index (χ4v) is 1.04. The number of ketones is 2. The van der Waals surface area contributed by atoms with Crippen LogP contribution in [0.3, 0.4) is 0 Å². The highest BCUT2D eigenvalue weighted by Crippen LogP contribution is 2.18. The van der Waals surface area contributed by atoms with Gasteiger partial charge in [-0.25, -0.2) is 0 Å². The number of rotatable bonds is 4. The molecule has 0 radical (unpaired) electrons. The van der Waals surface area contributed by atoms with Gasteiger partial charge in [0.15, 0.2) is 5.78 Å². The average molecular weight is 224 g/mol. The van der Waals surface area contributed by atoms with Gasteiger partial charge >= 0.3 is 0 Å². The van der Waals surface area contributed by atoms with Gasteiger partial charge in [-0.2, -0.15) is 0 Å². The molecule has 0 aromatic rings. The van der Waals surface area contributed by atoms with E-state index in [2.05, 4.69) is 0 Å².